The lowest BCUT2D eigenvalue weighted by Crippen LogP contribution is -2.27. The predicted octanol–water partition coefficient (Wildman–Crippen LogP) is 4.18. The van der Waals surface area contributed by atoms with Crippen molar-refractivity contribution in [2.75, 3.05) is 0 Å². The van der Waals surface area contributed by atoms with Crippen molar-refractivity contribution in [1.82, 2.24) is 0 Å². The third kappa shape index (κ3) is 4.37. The molecule has 2 nitrogen and oxygen atoms in total. The molecule has 1 atom stereocenters. The van der Waals surface area contributed by atoms with Gasteiger partial charge in [-0.25, -0.2) is 0 Å². The van der Waals surface area contributed by atoms with Crippen molar-refractivity contribution >= 4 is 5.97 Å². The summed E-state index contributed by atoms with van der Waals surface area (Å²) in [6.45, 7) is 8.73. The van der Waals surface area contributed by atoms with Crippen molar-refractivity contribution in [3.63, 3.8) is 0 Å². The summed E-state index contributed by atoms with van der Waals surface area (Å²) in [5.74, 6) is -0.132. The molecule has 0 saturated heterocycles. The van der Waals surface area contributed by atoms with Crippen LogP contribution in [0, 0.1) is 11.3 Å². The van der Waals surface area contributed by atoms with E-state index in [2.05, 4.69) is 32.6 Å². The summed E-state index contributed by atoms with van der Waals surface area (Å²) in [5.41, 5.74) is 1.54. The van der Waals surface area contributed by atoms with Crippen molar-refractivity contribution < 1.29 is 9.90 Å². The number of carboxylic acids is 1. The largest absolute Gasteiger partial charge is 0.481 e. The first kappa shape index (κ1) is 14.0. The standard InChI is InChI=1S/C15H24O2/c1-12-8-7-11-15(2,3)13(12)9-5-4-6-10-14(16)17/h7-8,13H,1,4-6,9-11H2,2-3H3,(H,16,17). The fourth-order valence-electron chi connectivity index (χ4n) is 2.65. The van der Waals surface area contributed by atoms with E-state index < -0.39 is 5.97 Å². The number of unbranched alkanes of at least 4 members (excludes halogenated alkanes) is 2. The van der Waals surface area contributed by atoms with Gasteiger partial charge in [-0.15, -0.1) is 0 Å². The molecule has 0 aliphatic heterocycles. The zero-order chi connectivity index (χ0) is 12.9. The van der Waals surface area contributed by atoms with Gasteiger partial charge in [0.1, 0.15) is 0 Å². The Morgan fingerprint density at radius 3 is 2.76 bits per heavy atom. The number of carboxylic acid groups (broad SMARTS) is 1. The maximum absolute atomic E-state index is 10.4. The van der Waals surface area contributed by atoms with Crippen LogP contribution in [-0.4, -0.2) is 11.1 Å². The lowest BCUT2D eigenvalue weighted by molar-refractivity contribution is -0.137. The Labute approximate surface area is 104 Å². The molecule has 0 aromatic rings. The van der Waals surface area contributed by atoms with Gasteiger partial charge in [0.25, 0.3) is 0 Å². The number of aliphatic carboxylic acids is 1. The summed E-state index contributed by atoms with van der Waals surface area (Å²) in [5, 5.41) is 8.56. The van der Waals surface area contributed by atoms with Gasteiger partial charge >= 0.3 is 5.97 Å². The predicted molar refractivity (Wildman–Crippen MR) is 70.9 cm³/mol. The van der Waals surface area contributed by atoms with E-state index in [4.69, 9.17) is 5.11 Å². The molecule has 1 N–H and O–H groups in total. The molecule has 2 heteroatoms. The normalized spacial score (nSPS) is 22.7. The van der Waals surface area contributed by atoms with E-state index >= 15 is 0 Å². The highest BCUT2D eigenvalue weighted by molar-refractivity contribution is 5.66. The topological polar surface area (TPSA) is 37.3 Å². The van der Waals surface area contributed by atoms with Crippen LogP contribution >= 0.6 is 0 Å². The van der Waals surface area contributed by atoms with Gasteiger partial charge in [-0.1, -0.05) is 51.0 Å². The molecule has 1 aliphatic carbocycles. The Morgan fingerprint density at radius 1 is 1.47 bits per heavy atom. The van der Waals surface area contributed by atoms with Crippen LogP contribution in [0.1, 0.15) is 52.4 Å². The first-order valence-corrected chi connectivity index (χ1v) is 6.50. The van der Waals surface area contributed by atoms with Crippen molar-refractivity contribution in [1.29, 1.82) is 0 Å². The van der Waals surface area contributed by atoms with Crippen LogP contribution in [-0.2, 0) is 4.79 Å². The summed E-state index contributed by atoms with van der Waals surface area (Å²) in [6.07, 6.45) is 9.82. The summed E-state index contributed by atoms with van der Waals surface area (Å²) in [6, 6.07) is 0. The molecular weight excluding hydrogens is 212 g/mol. The molecule has 0 bridgehead atoms. The highest BCUT2D eigenvalue weighted by atomic mass is 16.4. The second-order valence-corrected chi connectivity index (χ2v) is 5.72. The number of carbonyl (C=O) groups is 1. The van der Waals surface area contributed by atoms with E-state index in [-0.39, 0.29) is 0 Å². The Balaban J connectivity index is 2.32. The van der Waals surface area contributed by atoms with Crippen molar-refractivity contribution in [3.05, 3.63) is 24.3 Å². The average Bonchev–Trinajstić information content (AvgIpc) is 2.20. The Kier molecular flexibility index (Phi) is 4.98. The molecule has 0 heterocycles. The highest BCUT2D eigenvalue weighted by Crippen LogP contribution is 2.42. The van der Waals surface area contributed by atoms with Crippen molar-refractivity contribution in [3.8, 4) is 0 Å². The summed E-state index contributed by atoms with van der Waals surface area (Å²) >= 11 is 0. The Morgan fingerprint density at radius 2 is 2.18 bits per heavy atom. The molecule has 1 rings (SSSR count). The van der Waals surface area contributed by atoms with Crippen molar-refractivity contribution in [2.45, 2.75) is 52.4 Å². The molecule has 96 valence electrons. The monoisotopic (exact) mass is 236 g/mol. The maximum atomic E-state index is 10.4. The van der Waals surface area contributed by atoms with Crippen LogP contribution in [0.4, 0.5) is 0 Å². The first-order chi connectivity index (χ1) is 7.93. The van der Waals surface area contributed by atoms with Gasteiger partial charge in [-0.3, -0.25) is 4.79 Å². The molecule has 0 saturated carbocycles. The van der Waals surface area contributed by atoms with E-state index in [0.717, 1.165) is 32.1 Å². The van der Waals surface area contributed by atoms with Gasteiger partial charge in [0.05, 0.1) is 0 Å². The molecule has 0 amide bonds. The second-order valence-electron chi connectivity index (χ2n) is 5.72. The number of rotatable bonds is 6. The minimum Gasteiger partial charge on any atom is -0.481 e. The minimum atomic E-state index is -0.685. The second kappa shape index (κ2) is 6.04. The van der Waals surface area contributed by atoms with E-state index in [1.165, 1.54) is 5.57 Å². The van der Waals surface area contributed by atoms with E-state index in [0.29, 0.717) is 17.8 Å². The van der Waals surface area contributed by atoms with Crippen LogP contribution in [0.25, 0.3) is 0 Å². The molecule has 0 spiro atoms. The van der Waals surface area contributed by atoms with Gasteiger partial charge in [0.2, 0.25) is 0 Å². The molecule has 1 aliphatic rings. The summed E-state index contributed by atoms with van der Waals surface area (Å²) in [7, 11) is 0. The summed E-state index contributed by atoms with van der Waals surface area (Å²) < 4.78 is 0. The van der Waals surface area contributed by atoms with Crippen LogP contribution in [0.5, 0.6) is 0 Å². The lowest BCUT2D eigenvalue weighted by atomic mass is 9.68. The summed E-state index contributed by atoms with van der Waals surface area (Å²) in [4.78, 5) is 10.4. The van der Waals surface area contributed by atoms with E-state index in [1.54, 1.807) is 0 Å². The lowest BCUT2D eigenvalue weighted by Gasteiger charge is -2.37. The van der Waals surface area contributed by atoms with Gasteiger partial charge in [0, 0.05) is 6.42 Å². The third-order valence-corrected chi connectivity index (χ3v) is 3.75. The average molecular weight is 236 g/mol. The molecule has 0 aromatic carbocycles. The van der Waals surface area contributed by atoms with Crippen LogP contribution in [0.3, 0.4) is 0 Å². The zero-order valence-electron chi connectivity index (χ0n) is 11.0. The molecule has 0 aromatic heterocycles. The zero-order valence-corrected chi connectivity index (χ0v) is 11.0. The van der Waals surface area contributed by atoms with Crippen LogP contribution in [0.2, 0.25) is 0 Å². The van der Waals surface area contributed by atoms with Gasteiger partial charge in [-0.05, 0) is 30.6 Å². The fourth-order valence-corrected chi connectivity index (χ4v) is 2.65. The van der Waals surface area contributed by atoms with Crippen molar-refractivity contribution in [2.24, 2.45) is 11.3 Å². The quantitative estimate of drug-likeness (QED) is 0.702. The first-order valence-electron chi connectivity index (χ1n) is 6.50. The molecular formula is C15H24O2. The Hall–Kier alpha value is -1.05. The smallest absolute Gasteiger partial charge is 0.303 e. The van der Waals surface area contributed by atoms with Crippen LogP contribution < -0.4 is 0 Å². The molecule has 17 heavy (non-hydrogen) atoms. The molecule has 0 radical (unpaired) electrons. The third-order valence-electron chi connectivity index (χ3n) is 3.75. The minimum absolute atomic E-state index is 0.301. The van der Waals surface area contributed by atoms with E-state index in [9.17, 15) is 4.79 Å². The number of allylic oxidation sites excluding steroid dienone is 3. The van der Waals surface area contributed by atoms with Crippen LogP contribution in [0.15, 0.2) is 24.3 Å². The van der Waals surface area contributed by atoms with E-state index in [1.807, 2.05) is 0 Å². The van der Waals surface area contributed by atoms with Gasteiger partial charge in [0.15, 0.2) is 0 Å². The molecule has 1 unspecified atom stereocenters. The SMILES string of the molecule is C=C1C=CCC(C)(C)C1CCCCCC(=O)O. The Bertz CT molecular complexity index is 313. The molecule has 0 fully saturated rings. The number of hydrogen-bond donors (Lipinski definition) is 1. The van der Waals surface area contributed by atoms with Gasteiger partial charge in [-0.2, -0.15) is 0 Å². The highest BCUT2D eigenvalue weighted by Gasteiger charge is 2.31. The van der Waals surface area contributed by atoms with Gasteiger partial charge < -0.3 is 5.11 Å². The fraction of sp³-hybridized carbons (Fsp3) is 0.667. The number of hydrogen-bond acceptors (Lipinski definition) is 1. The maximum Gasteiger partial charge on any atom is 0.303 e.